The van der Waals surface area contributed by atoms with E-state index in [4.69, 9.17) is 4.74 Å². The number of ether oxygens (including phenoxy) is 1. The van der Waals surface area contributed by atoms with Crippen molar-refractivity contribution >= 4 is 11.2 Å². The Bertz CT molecular complexity index is 655. The van der Waals surface area contributed by atoms with Crippen LogP contribution in [0.1, 0.15) is 5.56 Å². The largest absolute Gasteiger partial charge is 0.472 e. The summed E-state index contributed by atoms with van der Waals surface area (Å²) in [7, 11) is 0. The molecule has 0 saturated heterocycles. The molecular weight excluding hydrogens is 226 g/mol. The molecule has 3 aromatic rings. The lowest BCUT2D eigenvalue weighted by molar-refractivity contribution is 0.294. The average Bonchev–Trinajstić information content (AvgIpc) is 2.46. The van der Waals surface area contributed by atoms with Crippen molar-refractivity contribution in [3.05, 3.63) is 60.4 Å². The lowest BCUT2D eigenvalue weighted by Gasteiger charge is -2.05. The smallest absolute Gasteiger partial charge is 0.233 e. The maximum Gasteiger partial charge on any atom is 0.233 e. The number of rotatable bonds is 3. The zero-order valence-electron chi connectivity index (χ0n) is 9.65. The van der Waals surface area contributed by atoms with Crippen LogP contribution in [0.4, 0.5) is 0 Å². The van der Waals surface area contributed by atoms with Crippen molar-refractivity contribution in [1.29, 1.82) is 0 Å². The van der Waals surface area contributed by atoms with Crippen molar-refractivity contribution in [2.75, 3.05) is 0 Å². The zero-order valence-corrected chi connectivity index (χ0v) is 9.65. The number of nitrogens with zero attached hydrogens (tertiary/aromatic N) is 3. The predicted octanol–water partition coefficient (Wildman–Crippen LogP) is 2.60. The molecule has 0 aliphatic carbocycles. The average molecular weight is 237 g/mol. The number of aromatic nitrogens is 3. The van der Waals surface area contributed by atoms with Crippen LogP contribution in [0.15, 0.2) is 54.9 Å². The molecule has 0 fully saturated rings. The highest BCUT2D eigenvalue weighted by atomic mass is 16.5. The number of pyridine rings is 1. The molecule has 88 valence electrons. The summed E-state index contributed by atoms with van der Waals surface area (Å²) in [5.74, 6) is 0.513. The van der Waals surface area contributed by atoms with Crippen molar-refractivity contribution in [3.8, 4) is 5.88 Å². The normalized spacial score (nSPS) is 10.4. The number of fused-ring (bicyclic) bond motifs is 1. The van der Waals surface area contributed by atoms with E-state index in [-0.39, 0.29) is 0 Å². The molecular formula is C14H11N3O. The van der Waals surface area contributed by atoms with E-state index in [1.807, 2.05) is 42.5 Å². The van der Waals surface area contributed by atoms with Crippen LogP contribution in [0.25, 0.3) is 11.2 Å². The molecule has 0 radical (unpaired) electrons. The molecule has 0 spiro atoms. The van der Waals surface area contributed by atoms with Crippen molar-refractivity contribution in [3.63, 3.8) is 0 Å². The first-order valence-corrected chi connectivity index (χ1v) is 5.66. The van der Waals surface area contributed by atoms with Crippen LogP contribution in [0.3, 0.4) is 0 Å². The van der Waals surface area contributed by atoms with E-state index in [0.29, 0.717) is 18.1 Å². The Balaban J connectivity index is 1.79. The van der Waals surface area contributed by atoms with Gasteiger partial charge in [0, 0.05) is 6.20 Å². The predicted molar refractivity (Wildman–Crippen MR) is 68.1 cm³/mol. The molecule has 0 atom stereocenters. The maximum absolute atomic E-state index is 5.60. The Kier molecular flexibility index (Phi) is 2.84. The van der Waals surface area contributed by atoms with E-state index in [2.05, 4.69) is 15.0 Å². The summed E-state index contributed by atoms with van der Waals surface area (Å²) in [4.78, 5) is 12.6. The molecule has 0 bridgehead atoms. The highest BCUT2D eigenvalue weighted by Gasteiger charge is 2.01. The fourth-order valence-electron chi connectivity index (χ4n) is 1.64. The van der Waals surface area contributed by atoms with Crippen molar-refractivity contribution in [1.82, 2.24) is 15.0 Å². The fraction of sp³-hybridized carbons (Fsp3) is 0.0714. The van der Waals surface area contributed by atoms with Crippen LogP contribution in [-0.4, -0.2) is 15.0 Å². The van der Waals surface area contributed by atoms with E-state index < -0.39 is 0 Å². The molecule has 0 amide bonds. The molecule has 0 unspecified atom stereocenters. The Morgan fingerprint density at radius 2 is 1.83 bits per heavy atom. The molecule has 18 heavy (non-hydrogen) atoms. The second-order valence-corrected chi connectivity index (χ2v) is 3.83. The first-order valence-electron chi connectivity index (χ1n) is 5.66. The SMILES string of the molecule is c1ccc(COc2cnc3ncccc3n2)cc1. The van der Waals surface area contributed by atoms with Gasteiger partial charge >= 0.3 is 0 Å². The van der Waals surface area contributed by atoms with E-state index in [0.717, 1.165) is 11.1 Å². The maximum atomic E-state index is 5.60. The molecule has 4 nitrogen and oxygen atoms in total. The molecule has 0 N–H and O–H groups in total. The van der Waals surface area contributed by atoms with Gasteiger partial charge in [0.1, 0.15) is 12.1 Å². The summed E-state index contributed by atoms with van der Waals surface area (Å²) in [6, 6.07) is 13.7. The lowest BCUT2D eigenvalue weighted by atomic mass is 10.2. The molecule has 2 heterocycles. The van der Waals surface area contributed by atoms with Gasteiger partial charge in [0.05, 0.1) is 6.20 Å². The third kappa shape index (κ3) is 2.27. The van der Waals surface area contributed by atoms with Gasteiger partial charge in [0.15, 0.2) is 5.65 Å². The molecule has 1 aromatic carbocycles. The summed E-state index contributed by atoms with van der Waals surface area (Å²) >= 11 is 0. The number of hydrogen-bond acceptors (Lipinski definition) is 4. The third-order valence-electron chi connectivity index (χ3n) is 2.52. The molecule has 4 heteroatoms. The molecule has 2 aromatic heterocycles. The van der Waals surface area contributed by atoms with Crippen LogP contribution in [0.2, 0.25) is 0 Å². The second-order valence-electron chi connectivity index (χ2n) is 3.83. The zero-order chi connectivity index (χ0) is 12.2. The summed E-state index contributed by atoms with van der Waals surface area (Å²) in [5.41, 5.74) is 2.47. The second kappa shape index (κ2) is 4.79. The number of benzene rings is 1. The van der Waals surface area contributed by atoms with E-state index in [9.17, 15) is 0 Å². The quantitative estimate of drug-likeness (QED) is 0.702. The summed E-state index contributed by atoms with van der Waals surface area (Å²) in [6.07, 6.45) is 3.29. The monoisotopic (exact) mass is 237 g/mol. The van der Waals surface area contributed by atoms with Crippen molar-refractivity contribution in [2.45, 2.75) is 6.61 Å². The van der Waals surface area contributed by atoms with Gasteiger partial charge in [-0.2, -0.15) is 0 Å². The Hall–Kier alpha value is -2.49. The van der Waals surface area contributed by atoms with Gasteiger partial charge in [0.2, 0.25) is 5.88 Å². The lowest BCUT2D eigenvalue weighted by Crippen LogP contribution is -1.98. The van der Waals surface area contributed by atoms with Gasteiger partial charge in [0.25, 0.3) is 0 Å². The van der Waals surface area contributed by atoms with Crippen LogP contribution < -0.4 is 4.74 Å². The van der Waals surface area contributed by atoms with Crippen LogP contribution in [0.5, 0.6) is 5.88 Å². The van der Waals surface area contributed by atoms with E-state index in [1.165, 1.54) is 0 Å². The Morgan fingerprint density at radius 3 is 2.72 bits per heavy atom. The molecule has 3 rings (SSSR count). The van der Waals surface area contributed by atoms with E-state index >= 15 is 0 Å². The highest BCUT2D eigenvalue weighted by Crippen LogP contribution is 2.12. The van der Waals surface area contributed by atoms with Crippen molar-refractivity contribution in [2.24, 2.45) is 0 Å². The minimum Gasteiger partial charge on any atom is -0.472 e. The third-order valence-corrected chi connectivity index (χ3v) is 2.52. The van der Waals surface area contributed by atoms with Gasteiger partial charge in [-0.3, -0.25) is 0 Å². The number of hydrogen-bond donors (Lipinski definition) is 0. The standard InChI is InChI=1S/C14H11N3O/c1-2-5-11(6-3-1)10-18-13-9-16-14-12(17-13)7-4-8-15-14/h1-9H,10H2. The van der Waals surface area contributed by atoms with Crippen molar-refractivity contribution < 1.29 is 4.74 Å². The highest BCUT2D eigenvalue weighted by molar-refractivity contribution is 5.69. The fourth-order valence-corrected chi connectivity index (χ4v) is 1.64. The van der Waals surface area contributed by atoms with Crippen LogP contribution in [-0.2, 0) is 6.61 Å². The van der Waals surface area contributed by atoms with Gasteiger partial charge in [-0.15, -0.1) is 0 Å². The van der Waals surface area contributed by atoms with Crippen LogP contribution in [0, 0.1) is 0 Å². The first-order chi connectivity index (χ1) is 8.92. The van der Waals surface area contributed by atoms with Gasteiger partial charge in [-0.25, -0.2) is 15.0 Å². The first kappa shape index (κ1) is 10.7. The minimum atomic E-state index is 0.487. The molecule has 0 aliphatic rings. The summed E-state index contributed by atoms with van der Waals surface area (Å²) in [5, 5.41) is 0. The van der Waals surface area contributed by atoms with Crippen LogP contribution >= 0.6 is 0 Å². The topological polar surface area (TPSA) is 47.9 Å². The van der Waals surface area contributed by atoms with Gasteiger partial charge in [-0.1, -0.05) is 30.3 Å². The Morgan fingerprint density at radius 1 is 0.944 bits per heavy atom. The summed E-state index contributed by atoms with van der Waals surface area (Å²) in [6.45, 7) is 0.487. The van der Waals surface area contributed by atoms with Gasteiger partial charge < -0.3 is 4.74 Å². The summed E-state index contributed by atoms with van der Waals surface area (Å²) < 4.78 is 5.60. The Labute approximate surface area is 104 Å². The molecule has 0 aliphatic heterocycles. The molecule has 0 saturated carbocycles. The van der Waals surface area contributed by atoms with Gasteiger partial charge in [-0.05, 0) is 17.7 Å². The minimum absolute atomic E-state index is 0.487. The van der Waals surface area contributed by atoms with E-state index in [1.54, 1.807) is 12.4 Å².